The van der Waals surface area contributed by atoms with Crippen molar-refractivity contribution in [2.24, 2.45) is 0 Å². The Hall–Kier alpha value is -2.27. The quantitative estimate of drug-likeness (QED) is 0.911. The first-order chi connectivity index (χ1) is 10.4. The fourth-order valence-corrected chi connectivity index (χ4v) is 3.25. The minimum absolute atomic E-state index is 0.0571. The summed E-state index contributed by atoms with van der Waals surface area (Å²) >= 11 is 0. The van der Waals surface area contributed by atoms with Gasteiger partial charge in [-0.3, -0.25) is 0 Å². The van der Waals surface area contributed by atoms with Gasteiger partial charge in [0.15, 0.2) is 0 Å². The van der Waals surface area contributed by atoms with Gasteiger partial charge in [-0.25, -0.2) is 13.6 Å². The van der Waals surface area contributed by atoms with E-state index >= 15 is 0 Å². The maximum Gasteiger partial charge on any atom is 0.335 e. The maximum absolute atomic E-state index is 13.5. The Bertz CT molecular complexity index is 808. The Morgan fingerprint density at radius 2 is 1.64 bits per heavy atom. The standard InChI is InChI=1S/C17H12F2O3/c1-17(18,19)9-3-5-11-13(7-9)15-12-6-8(16(20)21)2-4-10(12)14(11)22-15/h2-7,14-15H,1H3,(H,20,21)/t14-,15+/m1/s1. The lowest BCUT2D eigenvalue weighted by Crippen LogP contribution is -2.11. The van der Waals surface area contributed by atoms with E-state index in [1.54, 1.807) is 24.3 Å². The van der Waals surface area contributed by atoms with Crippen LogP contribution in [0.15, 0.2) is 36.4 Å². The minimum atomic E-state index is -2.91. The number of carbonyl (C=O) groups is 1. The van der Waals surface area contributed by atoms with Crippen LogP contribution < -0.4 is 0 Å². The zero-order valence-electron chi connectivity index (χ0n) is 11.6. The summed E-state index contributed by atoms with van der Waals surface area (Å²) in [6.45, 7) is 0.860. The molecule has 0 spiro atoms. The van der Waals surface area contributed by atoms with E-state index in [-0.39, 0.29) is 17.2 Å². The Morgan fingerprint density at radius 1 is 1.05 bits per heavy atom. The van der Waals surface area contributed by atoms with Gasteiger partial charge in [0.1, 0.15) is 12.2 Å². The van der Waals surface area contributed by atoms with Crippen molar-refractivity contribution in [3.63, 3.8) is 0 Å². The van der Waals surface area contributed by atoms with Gasteiger partial charge in [-0.2, -0.15) is 0 Å². The molecule has 2 aromatic carbocycles. The highest BCUT2D eigenvalue weighted by Crippen LogP contribution is 2.54. The van der Waals surface area contributed by atoms with Crippen LogP contribution in [-0.2, 0) is 10.7 Å². The van der Waals surface area contributed by atoms with E-state index in [1.165, 1.54) is 12.1 Å². The normalized spacial score (nSPS) is 21.6. The van der Waals surface area contributed by atoms with Crippen LogP contribution in [0.5, 0.6) is 0 Å². The molecule has 2 atom stereocenters. The number of halogens is 2. The molecular formula is C17H12F2O3. The summed E-state index contributed by atoms with van der Waals surface area (Å²) in [6.07, 6.45) is -0.756. The summed E-state index contributed by atoms with van der Waals surface area (Å²) in [6, 6.07) is 9.43. The topological polar surface area (TPSA) is 46.5 Å². The molecule has 0 amide bonds. The van der Waals surface area contributed by atoms with Gasteiger partial charge in [0.05, 0.1) is 5.56 Å². The number of hydrogen-bond donors (Lipinski definition) is 1. The highest BCUT2D eigenvalue weighted by atomic mass is 19.3. The largest absolute Gasteiger partial charge is 0.478 e. The van der Waals surface area contributed by atoms with Crippen LogP contribution in [0.1, 0.15) is 57.3 Å². The van der Waals surface area contributed by atoms with Crippen molar-refractivity contribution in [3.05, 3.63) is 69.8 Å². The number of carboxylic acids is 1. The van der Waals surface area contributed by atoms with Crippen molar-refractivity contribution in [2.75, 3.05) is 0 Å². The molecule has 4 rings (SSSR count). The number of benzene rings is 2. The Labute approximate surface area is 125 Å². The third-order valence-electron chi connectivity index (χ3n) is 4.33. The molecule has 2 aliphatic rings. The summed E-state index contributed by atoms with van der Waals surface area (Å²) in [5, 5.41) is 9.09. The second-order valence-corrected chi connectivity index (χ2v) is 5.78. The number of alkyl halides is 2. The van der Waals surface area contributed by atoms with Gasteiger partial charge in [0, 0.05) is 12.5 Å². The lowest BCUT2D eigenvalue weighted by molar-refractivity contribution is 0.0173. The molecule has 0 saturated heterocycles. The van der Waals surface area contributed by atoms with Crippen molar-refractivity contribution < 1.29 is 23.4 Å². The molecule has 0 aromatic heterocycles. The van der Waals surface area contributed by atoms with Gasteiger partial charge in [0.25, 0.3) is 5.92 Å². The third-order valence-corrected chi connectivity index (χ3v) is 4.33. The number of fused-ring (bicyclic) bond motifs is 8. The fraction of sp³-hybridized carbons (Fsp3) is 0.235. The average Bonchev–Trinajstić information content (AvgIpc) is 3.02. The Balaban J connectivity index is 1.84. The molecule has 3 nitrogen and oxygen atoms in total. The van der Waals surface area contributed by atoms with Gasteiger partial charge < -0.3 is 9.84 Å². The van der Waals surface area contributed by atoms with Crippen molar-refractivity contribution in [1.29, 1.82) is 0 Å². The van der Waals surface area contributed by atoms with Gasteiger partial charge in [0.2, 0.25) is 0 Å². The van der Waals surface area contributed by atoms with E-state index in [0.29, 0.717) is 5.56 Å². The summed E-state index contributed by atoms with van der Waals surface area (Å²) in [5.41, 5.74) is 3.38. The van der Waals surface area contributed by atoms with E-state index in [4.69, 9.17) is 9.84 Å². The predicted octanol–water partition coefficient (Wildman–Crippen LogP) is 4.02. The number of carboxylic acid groups (broad SMARTS) is 1. The molecule has 0 unspecified atom stereocenters. The van der Waals surface area contributed by atoms with Crippen LogP contribution in [0.25, 0.3) is 0 Å². The molecule has 0 fully saturated rings. The minimum Gasteiger partial charge on any atom is -0.478 e. The molecule has 22 heavy (non-hydrogen) atoms. The number of hydrogen-bond acceptors (Lipinski definition) is 2. The lowest BCUT2D eigenvalue weighted by Gasteiger charge is -2.19. The maximum atomic E-state index is 13.5. The highest BCUT2D eigenvalue weighted by Gasteiger charge is 2.43. The second kappa shape index (κ2) is 4.14. The summed E-state index contributed by atoms with van der Waals surface area (Å²) in [4.78, 5) is 11.1. The number of rotatable bonds is 2. The smallest absolute Gasteiger partial charge is 0.335 e. The number of aromatic carboxylic acids is 1. The van der Waals surface area contributed by atoms with Crippen LogP contribution in [0, 0.1) is 0 Å². The Kier molecular flexibility index (Phi) is 2.52. The van der Waals surface area contributed by atoms with Crippen LogP contribution in [-0.4, -0.2) is 11.1 Å². The summed E-state index contributed by atoms with van der Waals surface area (Å²) in [5.74, 6) is -3.93. The van der Waals surface area contributed by atoms with Crippen LogP contribution in [0.4, 0.5) is 8.78 Å². The van der Waals surface area contributed by atoms with Gasteiger partial charge >= 0.3 is 5.97 Å². The van der Waals surface area contributed by atoms with Crippen LogP contribution in [0.2, 0.25) is 0 Å². The van der Waals surface area contributed by atoms with E-state index in [2.05, 4.69) is 0 Å². The van der Waals surface area contributed by atoms with E-state index in [0.717, 1.165) is 23.6 Å². The van der Waals surface area contributed by atoms with Crippen molar-refractivity contribution in [1.82, 2.24) is 0 Å². The van der Waals surface area contributed by atoms with Gasteiger partial charge in [-0.05, 0) is 40.5 Å². The molecule has 0 aliphatic carbocycles. The first kappa shape index (κ1) is 13.4. The molecule has 0 saturated carbocycles. The molecule has 2 heterocycles. The van der Waals surface area contributed by atoms with E-state index in [1.807, 2.05) is 0 Å². The molecule has 1 N–H and O–H groups in total. The van der Waals surface area contributed by atoms with Gasteiger partial charge in [-0.1, -0.05) is 18.2 Å². The van der Waals surface area contributed by atoms with Crippen LogP contribution >= 0.6 is 0 Å². The molecule has 112 valence electrons. The lowest BCUT2D eigenvalue weighted by atomic mass is 9.84. The van der Waals surface area contributed by atoms with E-state index in [9.17, 15) is 13.6 Å². The number of ether oxygens (including phenoxy) is 1. The first-order valence-corrected chi connectivity index (χ1v) is 6.91. The molecular weight excluding hydrogens is 290 g/mol. The van der Waals surface area contributed by atoms with Crippen molar-refractivity contribution in [3.8, 4) is 0 Å². The predicted molar refractivity (Wildman–Crippen MR) is 74.2 cm³/mol. The third kappa shape index (κ3) is 1.72. The van der Waals surface area contributed by atoms with Crippen molar-refractivity contribution >= 4 is 5.97 Å². The monoisotopic (exact) mass is 302 g/mol. The molecule has 0 radical (unpaired) electrons. The first-order valence-electron chi connectivity index (χ1n) is 6.91. The molecule has 5 heteroatoms. The second-order valence-electron chi connectivity index (χ2n) is 5.78. The fourth-order valence-electron chi connectivity index (χ4n) is 3.25. The SMILES string of the molecule is CC(F)(F)c1ccc2c(c1)[C@H]1O[C@@H]2c2ccc(C(=O)O)cc21. The molecule has 2 aromatic rings. The van der Waals surface area contributed by atoms with Crippen LogP contribution in [0.3, 0.4) is 0 Å². The zero-order chi connectivity index (χ0) is 15.6. The average molecular weight is 302 g/mol. The van der Waals surface area contributed by atoms with Crippen molar-refractivity contribution in [2.45, 2.75) is 25.1 Å². The zero-order valence-corrected chi connectivity index (χ0v) is 11.6. The summed E-state index contributed by atoms with van der Waals surface area (Å²) < 4.78 is 32.9. The van der Waals surface area contributed by atoms with E-state index < -0.39 is 18.0 Å². The Morgan fingerprint density at radius 3 is 2.27 bits per heavy atom. The van der Waals surface area contributed by atoms with Gasteiger partial charge in [-0.15, -0.1) is 0 Å². The highest BCUT2D eigenvalue weighted by molar-refractivity contribution is 5.88. The molecule has 2 bridgehead atoms. The molecule has 2 aliphatic heterocycles. The summed E-state index contributed by atoms with van der Waals surface area (Å²) in [7, 11) is 0.